The van der Waals surface area contributed by atoms with Gasteiger partial charge in [-0.3, -0.25) is 0 Å². The molecular formula is C12H14F3NO2. The Bertz CT molecular complexity index is 405. The summed E-state index contributed by atoms with van der Waals surface area (Å²) in [5.74, 6) is -0.325. The van der Waals surface area contributed by atoms with Gasteiger partial charge >= 0.3 is 6.36 Å². The van der Waals surface area contributed by atoms with Gasteiger partial charge in [-0.25, -0.2) is 0 Å². The van der Waals surface area contributed by atoms with Crippen LogP contribution in [0.3, 0.4) is 0 Å². The Morgan fingerprint density at radius 3 is 2.44 bits per heavy atom. The van der Waals surface area contributed by atoms with E-state index in [4.69, 9.17) is 4.74 Å². The van der Waals surface area contributed by atoms with Crippen molar-refractivity contribution in [2.45, 2.75) is 6.36 Å². The molecule has 1 rings (SSSR count). The highest BCUT2D eigenvalue weighted by Crippen LogP contribution is 2.31. The zero-order valence-corrected chi connectivity index (χ0v) is 9.88. The van der Waals surface area contributed by atoms with Crippen LogP contribution in [0.2, 0.25) is 0 Å². The topological polar surface area (TPSA) is 30.5 Å². The summed E-state index contributed by atoms with van der Waals surface area (Å²) < 4.78 is 45.5. The molecule has 0 aliphatic heterocycles. The smallest absolute Gasteiger partial charge is 0.485 e. The number of nitrogens with one attached hydrogen (secondary N) is 1. The van der Waals surface area contributed by atoms with Gasteiger partial charge in [0.15, 0.2) is 11.5 Å². The van der Waals surface area contributed by atoms with E-state index in [0.29, 0.717) is 6.54 Å². The number of hydrogen-bond acceptors (Lipinski definition) is 3. The van der Waals surface area contributed by atoms with E-state index in [-0.39, 0.29) is 18.1 Å². The minimum Gasteiger partial charge on any atom is -0.485 e. The Morgan fingerprint density at radius 1 is 1.28 bits per heavy atom. The molecule has 0 radical (unpaired) electrons. The van der Waals surface area contributed by atoms with Crippen molar-refractivity contribution in [1.29, 1.82) is 0 Å². The molecule has 0 aliphatic rings. The van der Waals surface area contributed by atoms with Crippen molar-refractivity contribution in [2.75, 3.05) is 20.2 Å². The third kappa shape index (κ3) is 5.09. The van der Waals surface area contributed by atoms with Crippen LogP contribution in [0, 0.1) is 0 Å². The summed E-state index contributed by atoms with van der Waals surface area (Å²) in [5.41, 5.74) is 0.722. The lowest BCUT2D eigenvalue weighted by atomic mass is 10.3. The zero-order valence-electron chi connectivity index (χ0n) is 9.88. The Balaban J connectivity index is 2.67. The van der Waals surface area contributed by atoms with Crippen molar-refractivity contribution >= 4 is 0 Å². The predicted molar refractivity (Wildman–Crippen MR) is 61.7 cm³/mol. The van der Waals surface area contributed by atoms with Crippen molar-refractivity contribution < 1.29 is 22.6 Å². The lowest BCUT2D eigenvalue weighted by Gasteiger charge is -2.14. The first-order chi connectivity index (χ1) is 8.42. The third-order valence-corrected chi connectivity index (χ3v) is 1.93. The van der Waals surface area contributed by atoms with Gasteiger partial charge in [-0.05, 0) is 24.8 Å². The molecular weight excluding hydrogens is 247 g/mol. The molecule has 6 heteroatoms. The fraction of sp³-hybridized carbons (Fsp3) is 0.333. The highest BCUT2D eigenvalue weighted by Gasteiger charge is 2.32. The number of halogens is 3. The van der Waals surface area contributed by atoms with E-state index in [2.05, 4.69) is 16.6 Å². The van der Waals surface area contributed by atoms with Crippen LogP contribution in [0.25, 0.3) is 0 Å². The predicted octanol–water partition coefficient (Wildman–Crippen LogP) is 2.74. The lowest BCUT2D eigenvalue weighted by Crippen LogP contribution is -2.18. The number of alkyl halides is 3. The maximum Gasteiger partial charge on any atom is 0.573 e. The molecule has 0 amide bonds. The summed E-state index contributed by atoms with van der Waals surface area (Å²) in [5, 5.41) is 2.87. The van der Waals surface area contributed by atoms with Crippen LogP contribution in [-0.4, -0.2) is 26.6 Å². The first-order valence-electron chi connectivity index (χ1n) is 5.21. The summed E-state index contributed by atoms with van der Waals surface area (Å²) in [6.07, 6.45) is -4.73. The first-order valence-corrected chi connectivity index (χ1v) is 5.21. The van der Waals surface area contributed by atoms with E-state index in [0.717, 1.165) is 5.57 Å². The third-order valence-electron chi connectivity index (χ3n) is 1.93. The molecule has 0 spiro atoms. The fourth-order valence-electron chi connectivity index (χ4n) is 1.26. The standard InChI is InChI=1S/C12H14F3NO2/c1-9(7-16-2)8-17-10-5-3-4-6-11(10)18-12(13,14)15/h3-6,16H,1,7-8H2,2H3. The summed E-state index contributed by atoms with van der Waals surface area (Å²) in [7, 11) is 1.74. The normalized spacial score (nSPS) is 11.1. The molecule has 0 heterocycles. The van der Waals surface area contributed by atoms with Crippen LogP contribution in [0.4, 0.5) is 13.2 Å². The van der Waals surface area contributed by atoms with E-state index in [1.807, 2.05) is 0 Å². The van der Waals surface area contributed by atoms with Crippen LogP contribution < -0.4 is 14.8 Å². The lowest BCUT2D eigenvalue weighted by molar-refractivity contribution is -0.275. The van der Waals surface area contributed by atoms with Gasteiger partial charge in [-0.1, -0.05) is 18.7 Å². The summed E-state index contributed by atoms with van der Waals surface area (Å²) in [6, 6.07) is 5.62. The molecule has 0 fully saturated rings. The number of ether oxygens (including phenoxy) is 2. The maximum absolute atomic E-state index is 12.1. The van der Waals surface area contributed by atoms with E-state index in [9.17, 15) is 13.2 Å². The van der Waals surface area contributed by atoms with Crippen molar-refractivity contribution in [3.8, 4) is 11.5 Å². The summed E-state index contributed by atoms with van der Waals surface area (Å²) in [4.78, 5) is 0. The van der Waals surface area contributed by atoms with Crippen LogP contribution >= 0.6 is 0 Å². The number of hydrogen-bond donors (Lipinski definition) is 1. The number of rotatable bonds is 6. The van der Waals surface area contributed by atoms with Crippen molar-refractivity contribution in [1.82, 2.24) is 5.32 Å². The van der Waals surface area contributed by atoms with Gasteiger partial charge in [0, 0.05) is 6.54 Å². The molecule has 0 saturated carbocycles. The number of likely N-dealkylation sites (N-methyl/N-ethyl adjacent to an activating group) is 1. The minimum absolute atomic E-state index is 0.0343. The van der Waals surface area contributed by atoms with Crippen LogP contribution in [0.1, 0.15) is 0 Å². The largest absolute Gasteiger partial charge is 0.573 e. The molecule has 1 N–H and O–H groups in total. The fourth-order valence-corrected chi connectivity index (χ4v) is 1.26. The molecule has 0 aromatic heterocycles. The van der Waals surface area contributed by atoms with Crippen molar-refractivity contribution in [2.24, 2.45) is 0 Å². The molecule has 0 unspecified atom stereocenters. The van der Waals surface area contributed by atoms with Crippen LogP contribution in [0.5, 0.6) is 11.5 Å². The van der Waals surface area contributed by atoms with E-state index < -0.39 is 6.36 Å². The minimum atomic E-state index is -4.73. The number of benzene rings is 1. The molecule has 0 bridgehead atoms. The number of para-hydroxylation sites is 2. The SMILES string of the molecule is C=C(CNC)COc1ccccc1OC(F)(F)F. The van der Waals surface area contributed by atoms with Gasteiger partial charge in [0.25, 0.3) is 0 Å². The molecule has 1 aromatic rings. The second-order valence-electron chi connectivity index (χ2n) is 3.56. The summed E-state index contributed by atoms with van der Waals surface area (Å²) >= 11 is 0. The highest BCUT2D eigenvalue weighted by atomic mass is 19.4. The van der Waals surface area contributed by atoms with Gasteiger partial charge < -0.3 is 14.8 Å². The van der Waals surface area contributed by atoms with Gasteiger partial charge in [-0.15, -0.1) is 13.2 Å². The van der Waals surface area contributed by atoms with Crippen molar-refractivity contribution in [3.63, 3.8) is 0 Å². The second-order valence-corrected chi connectivity index (χ2v) is 3.56. The molecule has 0 saturated heterocycles. The second kappa shape index (κ2) is 6.30. The van der Waals surface area contributed by atoms with Crippen molar-refractivity contribution in [3.05, 3.63) is 36.4 Å². The molecule has 0 aliphatic carbocycles. The Kier molecular flexibility index (Phi) is 5.03. The van der Waals surface area contributed by atoms with Gasteiger partial charge in [0.05, 0.1) is 0 Å². The van der Waals surface area contributed by atoms with Gasteiger partial charge in [-0.2, -0.15) is 0 Å². The zero-order chi connectivity index (χ0) is 13.6. The van der Waals surface area contributed by atoms with Gasteiger partial charge in [0.2, 0.25) is 0 Å². The first kappa shape index (κ1) is 14.4. The molecule has 18 heavy (non-hydrogen) atoms. The monoisotopic (exact) mass is 261 g/mol. The molecule has 100 valence electrons. The molecule has 1 aromatic carbocycles. The van der Waals surface area contributed by atoms with E-state index >= 15 is 0 Å². The Labute approximate surface area is 103 Å². The molecule has 3 nitrogen and oxygen atoms in total. The summed E-state index contributed by atoms with van der Waals surface area (Å²) in [6.45, 7) is 4.37. The quantitative estimate of drug-likeness (QED) is 0.799. The van der Waals surface area contributed by atoms with Crippen LogP contribution in [0.15, 0.2) is 36.4 Å². The average Bonchev–Trinajstić information content (AvgIpc) is 2.26. The molecule has 0 atom stereocenters. The highest BCUT2D eigenvalue weighted by molar-refractivity contribution is 5.39. The average molecular weight is 261 g/mol. The van der Waals surface area contributed by atoms with Crippen LogP contribution in [-0.2, 0) is 0 Å². The van der Waals surface area contributed by atoms with Gasteiger partial charge in [0.1, 0.15) is 6.61 Å². The maximum atomic E-state index is 12.1. The van der Waals surface area contributed by atoms with E-state index in [1.54, 1.807) is 13.1 Å². The Morgan fingerprint density at radius 2 is 1.89 bits per heavy atom. The Hall–Kier alpha value is -1.69. The van der Waals surface area contributed by atoms with E-state index in [1.165, 1.54) is 18.2 Å².